The summed E-state index contributed by atoms with van der Waals surface area (Å²) in [4.78, 5) is 6.73. The second-order valence-corrected chi connectivity index (χ2v) is 5.87. The third-order valence-electron chi connectivity index (χ3n) is 3.37. The molecule has 1 aliphatic rings. The van der Waals surface area contributed by atoms with Crippen molar-refractivity contribution in [3.63, 3.8) is 0 Å². The van der Waals surface area contributed by atoms with Crippen molar-refractivity contribution in [1.29, 1.82) is 0 Å². The van der Waals surface area contributed by atoms with E-state index in [1.54, 1.807) is 0 Å². The molecule has 0 aromatic rings. The van der Waals surface area contributed by atoms with Gasteiger partial charge in [0.1, 0.15) is 0 Å². The Morgan fingerprint density at radius 1 is 1.50 bits per heavy atom. The Balaban J connectivity index is 0.00000361. The molecule has 1 heterocycles. The first-order valence-electron chi connectivity index (χ1n) is 6.96. The normalized spacial score (nSPS) is 22.0. The van der Waals surface area contributed by atoms with Crippen molar-refractivity contribution in [2.75, 3.05) is 51.9 Å². The molecule has 5 nitrogen and oxygen atoms in total. The van der Waals surface area contributed by atoms with Crippen molar-refractivity contribution in [1.82, 2.24) is 15.5 Å². The zero-order valence-electron chi connectivity index (χ0n) is 13.0. The predicted octanol–water partition coefficient (Wildman–Crippen LogP) is 1.24. The Kier molecular flexibility index (Phi) is 12.0. The van der Waals surface area contributed by atoms with Gasteiger partial charge in [0.2, 0.25) is 0 Å². The van der Waals surface area contributed by atoms with E-state index in [-0.39, 0.29) is 24.0 Å². The van der Waals surface area contributed by atoms with Crippen LogP contribution in [0.2, 0.25) is 0 Å². The molecule has 1 saturated heterocycles. The lowest BCUT2D eigenvalue weighted by Gasteiger charge is -2.38. The molecule has 0 spiro atoms. The molecular formula is C13H29IN4OS. The second-order valence-electron chi connectivity index (χ2n) is 4.88. The van der Waals surface area contributed by atoms with Gasteiger partial charge in [-0.25, -0.2) is 0 Å². The van der Waals surface area contributed by atoms with Gasteiger partial charge >= 0.3 is 0 Å². The number of aliphatic imine (C=N–C) groups is 1. The Morgan fingerprint density at radius 2 is 2.25 bits per heavy atom. The Labute approximate surface area is 144 Å². The van der Waals surface area contributed by atoms with Crippen LogP contribution in [0.5, 0.6) is 0 Å². The van der Waals surface area contributed by atoms with Crippen LogP contribution in [0.1, 0.15) is 13.8 Å². The van der Waals surface area contributed by atoms with Gasteiger partial charge in [0.15, 0.2) is 5.96 Å². The van der Waals surface area contributed by atoms with E-state index in [9.17, 15) is 0 Å². The fraction of sp³-hybridized carbons (Fsp3) is 0.923. The van der Waals surface area contributed by atoms with E-state index in [1.807, 2.05) is 18.8 Å². The largest absolute Gasteiger partial charge is 0.379 e. The molecule has 0 radical (unpaired) electrons. The minimum absolute atomic E-state index is 0. The van der Waals surface area contributed by atoms with Crippen LogP contribution in [0.4, 0.5) is 0 Å². The monoisotopic (exact) mass is 416 g/mol. The molecular weight excluding hydrogens is 387 g/mol. The highest BCUT2D eigenvalue weighted by Crippen LogP contribution is 2.09. The number of rotatable bonds is 6. The average Bonchev–Trinajstić information content (AvgIpc) is 2.43. The number of nitrogens with one attached hydrogen (secondary N) is 2. The number of morpholine rings is 1. The first kappa shape index (κ1) is 20.3. The summed E-state index contributed by atoms with van der Waals surface area (Å²) in [5.74, 6) is 1.98. The number of ether oxygens (including phenoxy) is 1. The van der Waals surface area contributed by atoms with Gasteiger partial charge in [0, 0.05) is 44.5 Å². The van der Waals surface area contributed by atoms with E-state index in [4.69, 9.17) is 4.74 Å². The maximum Gasteiger partial charge on any atom is 0.191 e. The van der Waals surface area contributed by atoms with Crippen LogP contribution in [0.3, 0.4) is 0 Å². The molecule has 2 unspecified atom stereocenters. The van der Waals surface area contributed by atoms with Gasteiger partial charge in [-0.3, -0.25) is 9.89 Å². The predicted molar refractivity (Wildman–Crippen MR) is 99.6 cm³/mol. The lowest BCUT2D eigenvalue weighted by molar-refractivity contribution is -0.0174. The van der Waals surface area contributed by atoms with E-state index in [0.717, 1.165) is 44.6 Å². The topological polar surface area (TPSA) is 48.9 Å². The molecule has 0 aromatic heterocycles. The van der Waals surface area contributed by atoms with Crippen molar-refractivity contribution in [3.05, 3.63) is 0 Å². The SMILES string of the molecule is CN=C(NCCSC)NCC(C)N1CCOCC1C.I. The van der Waals surface area contributed by atoms with Crippen LogP contribution in [0.25, 0.3) is 0 Å². The molecule has 7 heteroatoms. The van der Waals surface area contributed by atoms with E-state index in [1.165, 1.54) is 0 Å². The van der Waals surface area contributed by atoms with Crippen LogP contribution in [-0.2, 0) is 4.74 Å². The summed E-state index contributed by atoms with van der Waals surface area (Å²) < 4.78 is 5.47. The van der Waals surface area contributed by atoms with E-state index >= 15 is 0 Å². The van der Waals surface area contributed by atoms with E-state index in [2.05, 4.69) is 40.6 Å². The first-order valence-corrected chi connectivity index (χ1v) is 8.35. The number of nitrogens with zero attached hydrogens (tertiary/aromatic N) is 2. The van der Waals surface area contributed by atoms with Gasteiger partial charge in [-0.2, -0.15) is 11.8 Å². The molecule has 0 amide bonds. The van der Waals surface area contributed by atoms with E-state index in [0.29, 0.717) is 12.1 Å². The molecule has 120 valence electrons. The molecule has 0 saturated carbocycles. The highest BCUT2D eigenvalue weighted by Gasteiger charge is 2.23. The molecule has 0 aliphatic carbocycles. The van der Waals surface area contributed by atoms with Gasteiger partial charge in [0.25, 0.3) is 0 Å². The van der Waals surface area contributed by atoms with Gasteiger partial charge in [-0.15, -0.1) is 24.0 Å². The molecule has 0 bridgehead atoms. The van der Waals surface area contributed by atoms with Crippen LogP contribution in [0, 0.1) is 0 Å². The van der Waals surface area contributed by atoms with Crippen LogP contribution >= 0.6 is 35.7 Å². The third kappa shape index (κ3) is 7.33. The fourth-order valence-electron chi connectivity index (χ4n) is 2.25. The first-order chi connectivity index (χ1) is 9.19. The number of halogens is 1. The summed E-state index contributed by atoms with van der Waals surface area (Å²) >= 11 is 1.83. The Hall–Kier alpha value is 0.270. The highest BCUT2D eigenvalue weighted by molar-refractivity contribution is 14.0. The standard InChI is InChI=1S/C13H28N4OS.HI/c1-11(17-6-7-18-10-12(17)2)9-16-13(14-3)15-5-8-19-4;/h11-12H,5-10H2,1-4H3,(H2,14,15,16);1H. The third-order valence-corrected chi connectivity index (χ3v) is 3.98. The van der Waals surface area contributed by atoms with Crippen LogP contribution < -0.4 is 10.6 Å². The summed E-state index contributed by atoms with van der Waals surface area (Å²) in [6, 6.07) is 0.981. The molecule has 1 fully saturated rings. The van der Waals surface area contributed by atoms with Crippen LogP contribution in [0.15, 0.2) is 4.99 Å². The smallest absolute Gasteiger partial charge is 0.191 e. The Bertz CT molecular complexity index is 281. The quantitative estimate of drug-likeness (QED) is 0.295. The van der Waals surface area contributed by atoms with Gasteiger partial charge in [-0.05, 0) is 20.1 Å². The molecule has 20 heavy (non-hydrogen) atoms. The number of guanidine groups is 1. The highest BCUT2D eigenvalue weighted by atomic mass is 127. The molecule has 0 aromatic carbocycles. The van der Waals surface area contributed by atoms with Crippen molar-refractivity contribution in [2.24, 2.45) is 4.99 Å². The lowest BCUT2D eigenvalue weighted by Crippen LogP contribution is -2.53. The van der Waals surface area contributed by atoms with Crippen molar-refractivity contribution >= 4 is 41.7 Å². The number of hydrogen-bond donors (Lipinski definition) is 2. The van der Waals surface area contributed by atoms with Crippen molar-refractivity contribution in [2.45, 2.75) is 25.9 Å². The summed E-state index contributed by atoms with van der Waals surface area (Å²) in [6.45, 7) is 9.03. The molecule has 1 aliphatic heterocycles. The maximum absolute atomic E-state index is 5.47. The average molecular weight is 416 g/mol. The van der Waals surface area contributed by atoms with Crippen LogP contribution in [-0.4, -0.2) is 74.8 Å². The summed E-state index contributed by atoms with van der Waals surface area (Å²) in [5, 5.41) is 6.71. The Morgan fingerprint density at radius 3 is 2.85 bits per heavy atom. The number of thioether (sulfide) groups is 1. The summed E-state index contributed by atoms with van der Waals surface area (Å²) in [7, 11) is 1.82. The van der Waals surface area contributed by atoms with E-state index < -0.39 is 0 Å². The number of hydrogen-bond acceptors (Lipinski definition) is 4. The zero-order valence-corrected chi connectivity index (χ0v) is 16.2. The minimum Gasteiger partial charge on any atom is -0.379 e. The summed E-state index contributed by atoms with van der Waals surface area (Å²) in [5.41, 5.74) is 0. The fourth-order valence-corrected chi connectivity index (χ4v) is 2.55. The maximum atomic E-state index is 5.47. The second kappa shape index (κ2) is 11.9. The molecule has 2 N–H and O–H groups in total. The molecule has 2 atom stereocenters. The van der Waals surface area contributed by atoms with Gasteiger partial charge < -0.3 is 15.4 Å². The minimum atomic E-state index is 0. The molecule has 1 rings (SSSR count). The summed E-state index contributed by atoms with van der Waals surface area (Å²) in [6.07, 6.45) is 2.11. The van der Waals surface area contributed by atoms with Gasteiger partial charge in [-0.1, -0.05) is 0 Å². The van der Waals surface area contributed by atoms with Crippen molar-refractivity contribution < 1.29 is 4.74 Å². The van der Waals surface area contributed by atoms with Crippen molar-refractivity contribution in [3.8, 4) is 0 Å². The van der Waals surface area contributed by atoms with Gasteiger partial charge in [0.05, 0.1) is 13.2 Å². The lowest BCUT2D eigenvalue weighted by atomic mass is 10.2. The zero-order chi connectivity index (χ0) is 14.1.